The highest BCUT2D eigenvalue weighted by molar-refractivity contribution is 5.63. The van der Waals surface area contributed by atoms with Gasteiger partial charge in [0.1, 0.15) is 0 Å². The van der Waals surface area contributed by atoms with Crippen LogP contribution in [-0.4, -0.2) is 9.78 Å². The normalized spacial score (nSPS) is 28.7. The van der Waals surface area contributed by atoms with Gasteiger partial charge in [0.25, 0.3) is 0 Å². The zero-order chi connectivity index (χ0) is 16.2. The van der Waals surface area contributed by atoms with Crippen LogP contribution < -0.4 is 0 Å². The monoisotopic (exact) mass is 302 g/mol. The number of hydrogen-bond donors (Lipinski definition) is 0. The molecule has 4 rings (SSSR count). The minimum absolute atomic E-state index is 0.0531. The molecule has 23 heavy (non-hydrogen) atoms. The van der Waals surface area contributed by atoms with Gasteiger partial charge >= 0.3 is 0 Å². The highest BCUT2D eigenvalue weighted by Gasteiger charge is 2.52. The fourth-order valence-corrected chi connectivity index (χ4v) is 4.18. The van der Waals surface area contributed by atoms with E-state index in [-0.39, 0.29) is 10.8 Å². The molecule has 2 heteroatoms. The number of benzene rings is 1. The molecule has 0 N–H and O–H groups in total. The van der Waals surface area contributed by atoms with Crippen LogP contribution >= 0.6 is 0 Å². The first-order valence-corrected chi connectivity index (χ1v) is 8.30. The van der Waals surface area contributed by atoms with E-state index in [1.54, 1.807) is 0 Å². The molecule has 0 radical (unpaired) electrons. The van der Waals surface area contributed by atoms with Gasteiger partial charge in [0.05, 0.1) is 17.6 Å². The molecule has 116 valence electrons. The van der Waals surface area contributed by atoms with Crippen molar-refractivity contribution in [2.75, 3.05) is 0 Å². The van der Waals surface area contributed by atoms with E-state index in [1.165, 1.54) is 22.4 Å². The van der Waals surface area contributed by atoms with Crippen molar-refractivity contribution < 1.29 is 0 Å². The summed E-state index contributed by atoms with van der Waals surface area (Å²) in [7, 11) is 0. The van der Waals surface area contributed by atoms with Gasteiger partial charge in [0.15, 0.2) is 0 Å². The van der Waals surface area contributed by atoms with Gasteiger partial charge in [-0.05, 0) is 56.9 Å². The van der Waals surface area contributed by atoms with Crippen molar-refractivity contribution in [3.8, 4) is 18.0 Å². The van der Waals surface area contributed by atoms with Crippen molar-refractivity contribution in [2.24, 2.45) is 10.8 Å². The van der Waals surface area contributed by atoms with Crippen molar-refractivity contribution >= 4 is 6.08 Å². The summed E-state index contributed by atoms with van der Waals surface area (Å²) in [5.74, 6) is 3.09. The van der Waals surface area contributed by atoms with Crippen LogP contribution in [0.4, 0.5) is 0 Å². The molecule has 0 spiro atoms. The zero-order valence-corrected chi connectivity index (χ0v) is 14.1. The molecule has 0 unspecified atom stereocenters. The summed E-state index contributed by atoms with van der Waals surface area (Å²) < 4.78 is 2.06. The molecule has 2 aromatic rings. The first-order chi connectivity index (χ1) is 11.0. The van der Waals surface area contributed by atoms with Crippen LogP contribution in [0.25, 0.3) is 11.8 Å². The Morgan fingerprint density at radius 3 is 2.65 bits per heavy atom. The summed E-state index contributed by atoms with van der Waals surface area (Å²) in [6.45, 7) is 6.68. The topological polar surface area (TPSA) is 17.8 Å². The number of rotatable bonds is 1. The Kier molecular flexibility index (Phi) is 2.87. The van der Waals surface area contributed by atoms with Gasteiger partial charge in [-0.3, -0.25) is 0 Å². The first kappa shape index (κ1) is 14.3. The van der Waals surface area contributed by atoms with Crippen molar-refractivity contribution in [2.45, 2.75) is 40.0 Å². The van der Waals surface area contributed by atoms with Crippen LogP contribution in [0.5, 0.6) is 0 Å². The van der Waals surface area contributed by atoms with Gasteiger partial charge in [-0.1, -0.05) is 36.1 Å². The lowest BCUT2D eigenvalue weighted by molar-refractivity contribution is 0.214. The van der Waals surface area contributed by atoms with Crippen molar-refractivity contribution in [1.29, 1.82) is 0 Å². The van der Waals surface area contributed by atoms with Gasteiger partial charge < -0.3 is 0 Å². The standard InChI is InChI=1S/C21H22N2/c1-5-20(3)11-10-17-12-19-16(13-21(17,20)4)14-22-23(19)18-8-6-15(2)7-9-18/h1,6-9,12,14H,10-11,13H2,2-4H3/t20-,21+/m1/s1. The third-order valence-corrected chi connectivity index (χ3v) is 6.16. The lowest BCUT2D eigenvalue weighted by Gasteiger charge is -2.40. The van der Waals surface area contributed by atoms with E-state index in [0.29, 0.717) is 0 Å². The summed E-state index contributed by atoms with van der Waals surface area (Å²) in [6, 6.07) is 8.53. The number of aryl methyl sites for hydroxylation is 1. The summed E-state index contributed by atoms with van der Waals surface area (Å²) >= 11 is 0. The van der Waals surface area contributed by atoms with Gasteiger partial charge in [-0.15, -0.1) is 6.42 Å². The first-order valence-electron chi connectivity index (χ1n) is 8.30. The maximum Gasteiger partial charge on any atom is 0.0700 e. The van der Waals surface area contributed by atoms with Gasteiger partial charge in [-0.25, -0.2) is 4.68 Å². The van der Waals surface area contributed by atoms with Crippen molar-refractivity contribution in [1.82, 2.24) is 9.78 Å². The zero-order valence-electron chi connectivity index (χ0n) is 14.1. The summed E-state index contributed by atoms with van der Waals surface area (Å²) in [5, 5.41) is 4.65. The molecule has 0 bridgehead atoms. The second-order valence-electron chi connectivity index (χ2n) is 7.46. The van der Waals surface area contributed by atoms with Crippen molar-refractivity contribution in [3.05, 3.63) is 52.9 Å². The third-order valence-electron chi connectivity index (χ3n) is 6.16. The number of aromatic nitrogens is 2. The molecule has 1 aromatic carbocycles. The van der Waals surface area contributed by atoms with Crippen LogP contribution in [0.1, 0.15) is 43.5 Å². The highest BCUT2D eigenvalue weighted by Crippen LogP contribution is 2.59. The molecular weight excluding hydrogens is 280 g/mol. The molecule has 0 amide bonds. The molecule has 1 saturated carbocycles. The molecule has 1 heterocycles. The highest BCUT2D eigenvalue weighted by atomic mass is 15.3. The third kappa shape index (κ3) is 1.86. The molecular formula is C21H22N2. The fourth-order valence-electron chi connectivity index (χ4n) is 4.18. The number of allylic oxidation sites excluding steroid dienone is 1. The molecule has 2 aliphatic rings. The smallest absolute Gasteiger partial charge is 0.0700 e. The molecule has 1 aromatic heterocycles. The van der Waals surface area contributed by atoms with E-state index >= 15 is 0 Å². The quantitative estimate of drug-likeness (QED) is 0.706. The van der Waals surface area contributed by atoms with Gasteiger partial charge in [0, 0.05) is 10.8 Å². The van der Waals surface area contributed by atoms with E-state index in [2.05, 4.69) is 66.8 Å². The van der Waals surface area contributed by atoms with Crippen LogP contribution in [0.2, 0.25) is 0 Å². The van der Waals surface area contributed by atoms with E-state index in [1.807, 2.05) is 6.20 Å². The van der Waals surface area contributed by atoms with Gasteiger partial charge in [-0.2, -0.15) is 5.10 Å². The molecule has 2 atom stereocenters. The predicted octanol–water partition coefficient (Wildman–Crippen LogP) is 4.56. The van der Waals surface area contributed by atoms with Crippen LogP contribution in [0, 0.1) is 30.1 Å². The predicted molar refractivity (Wildman–Crippen MR) is 94.3 cm³/mol. The van der Waals surface area contributed by atoms with E-state index < -0.39 is 0 Å². The Hall–Kier alpha value is -2.27. The minimum atomic E-state index is -0.0531. The number of nitrogens with zero attached hydrogens (tertiary/aromatic N) is 2. The average Bonchev–Trinajstić information content (AvgIpc) is 3.05. The summed E-state index contributed by atoms with van der Waals surface area (Å²) in [4.78, 5) is 0. The minimum Gasteiger partial charge on any atom is -0.233 e. The Balaban J connectivity index is 1.83. The van der Waals surface area contributed by atoms with Crippen LogP contribution in [-0.2, 0) is 6.42 Å². The Morgan fingerprint density at radius 2 is 1.96 bits per heavy atom. The van der Waals surface area contributed by atoms with Crippen molar-refractivity contribution in [3.63, 3.8) is 0 Å². The lowest BCUT2D eigenvalue weighted by atomic mass is 9.62. The molecule has 0 aliphatic heterocycles. The second-order valence-corrected chi connectivity index (χ2v) is 7.46. The van der Waals surface area contributed by atoms with Gasteiger partial charge in [0.2, 0.25) is 0 Å². The number of terminal acetylenes is 1. The van der Waals surface area contributed by atoms with Crippen LogP contribution in [0.3, 0.4) is 0 Å². The summed E-state index contributed by atoms with van der Waals surface area (Å²) in [6.07, 6.45) is 13.4. The number of hydrogen-bond acceptors (Lipinski definition) is 1. The van der Waals surface area contributed by atoms with Crippen LogP contribution in [0.15, 0.2) is 36.0 Å². The molecule has 2 nitrogen and oxygen atoms in total. The largest absolute Gasteiger partial charge is 0.233 e. The Bertz CT molecular complexity index is 847. The lowest BCUT2D eigenvalue weighted by Crippen LogP contribution is -2.36. The SMILES string of the molecule is C#C[C@]1(C)CCC2=Cc3c(cnn3-c3ccc(C)cc3)C[C@@]21C. The second kappa shape index (κ2) is 4.61. The maximum absolute atomic E-state index is 5.89. The average molecular weight is 302 g/mol. The van der Waals surface area contributed by atoms with E-state index in [9.17, 15) is 0 Å². The molecule has 1 fully saturated rings. The maximum atomic E-state index is 5.89. The Morgan fingerprint density at radius 1 is 1.22 bits per heavy atom. The molecule has 2 aliphatic carbocycles. The van der Waals surface area contributed by atoms with E-state index in [4.69, 9.17) is 6.42 Å². The molecule has 0 saturated heterocycles. The van der Waals surface area contributed by atoms with E-state index in [0.717, 1.165) is 24.9 Å². The fraction of sp³-hybridized carbons (Fsp3) is 0.381. The Labute approximate surface area is 138 Å². The summed E-state index contributed by atoms with van der Waals surface area (Å²) in [5.41, 5.74) is 6.41. The number of fused-ring (bicyclic) bond motifs is 2.